The molecule has 0 aromatic heterocycles. The minimum Gasteiger partial charge on any atom is -0.349 e. The van der Waals surface area contributed by atoms with Crippen molar-refractivity contribution in [2.24, 2.45) is 11.8 Å². The van der Waals surface area contributed by atoms with Gasteiger partial charge < -0.3 is 5.32 Å². The summed E-state index contributed by atoms with van der Waals surface area (Å²) in [6, 6.07) is 16.1. The molecule has 1 amide bonds. The Morgan fingerprint density at radius 2 is 1.78 bits per heavy atom. The maximum Gasteiger partial charge on any atom is 0.269 e. The van der Waals surface area contributed by atoms with Crippen LogP contribution in [-0.4, -0.2) is 16.9 Å². The van der Waals surface area contributed by atoms with Gasteiger partial charge in [0.15, 0.2) is 0 Å². The van der Waals surface area contributed by atoms with Crippen LogP contribution < -0.4 is 5.32 Å². The Hall–Kier alpha value is -2.95. The van der Waals surface area contributed by atoms with E-state index in [0.717, 1.165) is 23.5 Å². The molecule has 0 radical (unpaired) electrons. The Morgan fingerprint density at radius 3 is 2.37 bits per heavy atom. The second-order valence-corrected chi connectivity index (χ2v) is 7.53. The zero-order chi connectivity index (χ0) is 18.8. The number of nitro groups is 1. The van der Waals surface area contributed by atoms with Gasteiger partial charge in [-0.25, -0.2) is 0 Å². The highest BCUT2D eigenvalue weighted by molar-refractivity contribution is 6.24. The number of nitro benzene ring substituents is 1. The Bertz CT molecular complexity index is 874. The van der Waals surface area contributed by atoms with Crippen LogP contribution in [0.4, 0.5) is 5.69 Å². The van der Waals surface area contributed by atoms with Gasteiger partial charge in [0.2, 0.25) is 0 Å². The van der Waals surface area contributed by atoms with Crippen molar-refractivity contribution in [1.82, 2.24) is 5.32 Å². The summed E-state index contributed by atoms with van der Waals surface area (Å²) in [5.41, 5.74) is 2.24. The van der Waals surface area contributed by atoms with Gasteiger partial charge in [-0.2, -0.15) is 0 Å². The third kappa shape index (κ3) is 3.77. The molecule has 138 valence electrons. The fourth-order valence-corrected chi connectivity index (χ4v) is 4.42. The molecule has 5 nitrogen and oxygen atoms in total. The summed E-state index contributed by atoms with van der Waals surface area (Å²) in [7, 11) is 0. The van der Waals surface area contributed by atoms with Crippen LogP contribution in [0.15, 0.2) is 54.6 Å². The van der Waals surface area contributed by atoms with Gasteiger partial charge in [0.1, 0.15) is 0 Å². The first-order valence-electron chi connectivity index (χ1n) is 9.42. The Balaban J connectivity index is 1.60. The van der Waals surface area contributed by atoms with Crippen molar-refractivity contribution in [2.45, 2.75) is 31.7 Å². The SMILES string of the molecule is O=C(N[C@@H]1C[C@H]2CC[C@H]1C2)/C(=C/c1ccc([N+](=O)[O-])cc1)c1ccccc1. The molecule has 3 atom stereocenters. The maximum atomic E-state index is 13.1. The van der Waals surface area contributed by atoms with Crippen molar-refractivity contribution in [3.63, 3.8) is 0 Å². The molecule has 2 saturated carbocycles. The average molecular weight is 362 g/mol. The lowest BCUT2D eigenvalue weighted by atomic mass is 9.94. The summed E-state index contributed by atoms with van der Waals surface area (Å²) in [6.45, 7) is 0. The van der Waals surface area contributed by atoms with Crippen LogP contribution in [0.2, 0.25) is 0 Å². The van der Waals surface area contributed by atoms with Gasteiger partial charge in [-0.15, -0.1) is 0 Å². The predicted molar refractivity (Wildman–Crippen MR) is 105 cm³/mol. The molecule has 0 unspecified atom stereocenters. The molecule has 2 bridgehead atoms. The summed E-state index contributed by atoms with van der Waals surface area (Å²) in [5.74, 6) is 1.30. The van der Waals surface area contributed by atoms with Gasteiger partial charge >= 0.3 is 0 Å². The molecule has 0 spiro atoms. The largest absolute Gasteiger partial charge is 0.349 e. The number of hydrogen-bond acceptors (Lipinski definition) is 3. The van der Waals surface area contributed by atoms with Crippen molar-refractivity contribution < 1.29 is 9.72 Å². The molecular weight excluding hydrogens is 340 g/mol. The number of rotatable bonds is 5. The number of non-ortho nitro benzene ring substituents is 1. The van der Waals surface area contributed by atoms with Crippen molar-refractivity contribution in [1.29, 1.82) is 0 Å². The van der Waals surface area contributed by atoms with Gasteiger partial charge in [0.05, 0.1) is 4.92 Å². The van der Waals surface area contributed by atoms with Crippen LogP contribution in [0, 0.1) is 22.0 Å². The molecule has 0 aliphatic heterocycles. The standard InChI is InChI=1S/C22H22N2O3/c25-22(23-21-14-16-6-9-18(21)12-16)20(17-4-2-1-3-5-17)13-15-7-10-19(11-8-15)24(26)27/h1-5,7-8,10-11,13,16,18,21H,6,9,12,14H2,(H,23,25)/b20-13+/t16-,18-,21+/m0/s1. The summed E-state index contributed by atoms with van der Waals surface area (Å²) in [4.78, 5) is 23.5. The lowest BCUT2D eigenvalue weighted by molar-refractivity contribution is -0.384. The monoisotopic (exact) mass is 362 g/mol. The van der Waals surface area contributed by atoms with Crippen molar-refractivity contribution in [3.8, 4) is 0 Å². The highest BCUT2D eigenvalue weighted by Crippen LogP contribution is 2.44. The molecule has 5 heteroatoms. The molecule has 4 rings (SSSR count). The summed E-state index contributed by atoms with van der Waals surface area (Å²) >= 11 is 0. The predicted octanol–water partition coefficient (Wildman–Crippen LogP) is 4.44. The molecule has 2 aliphatic rings. The van der Waals surface area contributed by atoms with E-state index in [1.807, 2.05) is 36.4 Å². The first-order valence-corrected chi connectivity index (χ1v) is 9.42. The molecular formula is C22H22N2O3. The molecule has 0 heterocycles. The third-order valence-corrected chi connectivity index (χ3v) is 5.80. The second-order valence-electron chi connectivity index (χ2n) is 7.53. The molecule has 2 fully saturated rings. The van der Waals surface area contributed by atoms with Crippen molar-refractivity contribution in [2.75, 3.05) is 0 Å². The molecule has 2 aromatic rings. The molecule has 0 saturated heterocycles. The Labute approximate surface area is 158 Å². The number of carbonyl (C=O) groups is 1. The Kier molecular flexibility index (Phi) is 4.75. The molecule has 1 N–H and O–H groups in total. The first kappa shape index (κ1) is 17.5. The van der Waals surface area contributed by atoms with Crippen LogP contribution >= 0.6 is 0 Å². The topological polar surface area (TPSA) is 72.2 Å². The fourth-order valence-electron chi connectivity index (χ4n) is 4.42. The number of hydrogen-bond donors (Lipinski definition) is 1. The molecule has 2 aromatic carbocycles. The second kappa shape index (κ2) is 7.35. The minimum atomic E-state index is -0.423. The normalized spacial score (nSPS) is 24.0. The van der Waals surface area contributed by atoms with E-state index < -0.39 is 4.92 Å². The van der Waals surface area contributed by atoms with Gasteiger partial charge in [-0.1, -0.05) is 36.8 Å². The number of carbonyl (C=O) groups excluding carboxylic acids is 1. The van der Waals surface area contributed by atoms with Crippen LogP contribution in [-0.2, 0) is 4.79 Å². The van der Waals surface area contributed by atoms with Gasteiger partial charge in [0, 0.05) is 23.7 Å². The lowest BCUT2D eigenvalue weighted by Crippen LogP contribution is -2.38. The van der Waals surface area contributed by atoms with Crippen LogP contribution in [0.3, 0.4) is 0 Å². The number of nitrogens with one attached hydrogen (secondary N) is 1. The Morgan fingerprint density at radius 1 is 1.04 bits per heavy atom. The van der Waals surface area contributed by atoms with Crippen molar-refractivity contribution in [3.05, 3.63) is 75.8 Å². The van der Waals surface area contributed by atoms with Gasteiger partial charge in [-0.05, 0) is 60.4 Å². The maximum absolute atomic E-state index is 13.1. The van der Waals surface area contributed by atoms with Crippen LogP contribution in [0.25, 0.3) is 11.6 Å². The number of benzene rings is 2. The third-order valence-electron chi connectivity index (χ3n) is 5.80. The van der Waals surface area contributed by atoms with Crippen LogP contribution in [0.5, 0.6) is 0 Å². The highest BCUT2D eigenvalue weighted by Gasteiger charge is 2.40. The molecule has 27 heavy (non-hydrogen) atoms. The number of nitrogens with zero attached hydrogens (tertiary/aromatic N) is 1. The van der Waals surface area contributed by atoms with E-state index in [1.165, 1.54) is 31.4 Å². The quantitative estimate of drug-likeness (QED) is 0.370. The smallest absolute Gasteiger partial charge is 0.269 e. The fraction of sp³-hybridized carbons (Fsp3) is 0.318. The molecule has 2 aliphatic carbocycles. The average Bonchev–Trinajstić information content (AvgIpc) is 3.30. The van der Waals surface area contributed by atoms with E-state index in [0.29, 0.717) is 11.5 Å². The lowest BCUT2D eigenvalue weighted by Gasteiger charge is -2.23. The minimum absolute atomic E-state index is 0.0415. The van der Waals surface area contributed by atoms with E-state index in [2.05, 4.69) is 5.32 Å². The number of fused-ring (bicyclic) bond motifs is 2. The van der Waals surface area contributed by atoms with E-state index >= 15 is 0 Å². The van der Waals surface area contributed by atoms with E-state index in [9.17, 15) is 14.9 Å². The zero-order valence-electron chi connectivity index (χ0n) is 15.0. The van der Waals surface area contributed by atoms with Crippen LogP contribution in [0.1, 0.15) is 36.8 Å². The number of amides is 1. The van der Waals surface area contributed by atoms with E-state index in [-0.39, 0.29) is 17.6 Å². The summed E-state index contributed by atoms with van der Waals surface area (Å²) in [5, 5.41) is 14.1. The van der Waals surface area contributed by atoms with E-state index in [4.69, 9.17) is 0 Å². The van der Waals surface area contributed by atoms with E-state index in [1.54, 1.807) is 12.1 Å². The highest BCUT2D eigenvalue weighted by atomic mass is 16.6. The van der Waals surface area contributed by atoms with Gasteiger partial charge in [-0.3, -0.25) is 14.9 Å². The first-order chi connectivity index (χ1) is 13.1. The summed E-state index contributed by atoms with van der Waals surface area (Å²) < 4.78 is 0. The van der Waals surface area contributed by atoms with Gasteiger partial charge in [0.25, 0.3) is 11.6 Å². The zero-order valence-corrected chi connectivity index (χ0v) is 15.0. The summed E-state index contributed by atoms with van der Waals surface area (Å²) in [6.07, 6.45) is 6.62. The van der Waals surface area contributed by atoms with Crippen molar-refractivity contribution >= 4 is 23.2 Å².